The van der Waals surface area contributed by atoms with Crippen molar-refractivity contribution in [2.45, 2.75) is 13.3 Å². The number of hydrogen-bond donors (Lipinski definition) is 0. The SMILES string of the molecule is Cc1c(C#N)c2ncnc(N3CCN(CCc4ccccc4)CC3)c2n1C. The van der Waals surface area contributed by atoms with Crippen LogP contribution in [0, 0.1) is 18.3 Å². The lowest BCUT2D eigenvalue weighted by Crippen LogP contribution is -2.47. The lowest BCUT2D eigenvalue weighted by atomic mass is 10.1. The van der Waals surface area contributed by atoms with Crippen LogP contribution in [0.2, 0.25) is 0 Å². The summed E-state index contributed by atoms with van der Waals surface area (Å²) in [6, 6.07) is 12.9. The minimum atomic E-state index is 0.651. The third-order valence-electron chi connectivity index (χ3n) is 5.58. The monoisotopic (exact) mass is 360 g/mol. The average Bonchev–Trinajstić information content (AvgIpc) is 2.97. The van der Waals surface area contributed by atoms with Gasteiger partial charge in [-0.15, -0.1) is 0 Å². The molecule has 4 rings (SSSR count). The van der Waals surface area contributed by atoms with Gasteiger partial charge in [0, 0.05) is 45.5 Å². The van der Waals surface area contributed by atoms with Gasteiger partial charge in [-0.3, -0.25) is 4.90 Å². The first-order valence-electron chi connectivity index (χ1n) is 9.40. The molecular formula is C21H24N6. The Hall–Kier alpha value is -2.91. The normalized spacial score (nSPS) is 15.2. The van der Waals surface area contributed by atoms with Gasteiger partial charge in [0.15, 0.2) is 5.82 Å². The molecular weight excluding hydrogens is 336 g/mol. The molecule has 6 heteroatoms. The summed E-state index contributed by atoms with van der Waals surface area (Å²) in [7, 11) is 1.99. The molecule has 1 aliphatic heterocycles. The van der Waals surface area contributed by atoms with E-state index in [1.165, 1.54) is 5.56 Å². The van der Waals surface area contributed by atoms with Crippen molar-refractivity contribution >= 4 is 16.9 Å². The third-order valence-corrected chi connectivity index (χ3v) is 5.58. The maximum absolute atomic E-state index is 9.47. The third kappa shape index (κ3) is 3.26. The largest absolute Gasteiger partial charge is 0.352 e. The van der Waals surface area contributed by atoms with Gasteiger partial charge >= 0.3 is 0 Å². The first-order chi connectivity index (χ1) is 13.2. The van der Waals surface area contributed by atoms with E-state index in [-0.39, 0.29) is 0 Å². The Bertz CT molecular complexity index is 977. The Morgan fingerprint density at radius 2 is 1.81 bits per heavy atom. The number of aryl methyl sites for hydroxylation is 1. The lowest BCUT2D eigenvalue weighted by Gasteiger charge is -2.35. The number of anilines is 1. The molecule has 0 bridgehead atoms. The molecule has 0 N–H and O–H groups in total. The van der Waals surface area contributed by atoms with Crippen LogP contribution in [0.5, 0.6) is 0 Å². The molecule has 1 aromatic carbocycles. The molecule has 1 saturated heterocycles. The number of benzene rings is 1. The van der Waals surface area contributed by atoms with Crippen LogP contribution >= 0.6 is 0 Å². The van der Waals surface area contributed by atoms with Gasteiger partial charge in [-0.1, -0.05) is 30.3 Å². The maximum atomic E-state index is 9.47. The van der Waals surface area contributed by atoms with E-state index in [9.17, 15) is 5.26 Å². The van der Waals surface area contributed by atoms with Crippen molar-refractivity contribution < 1.29 is 0 Å². The van der Waals surface area contributed by atoms with Gasteiger partial charge in [-0.2, -0.15) is 5.26 Å². The molecule has 27 heavy (non-hydrogen) atoms. The van der Waals surface area contributed by atoms with Crippen molar-refractivity contribution in [3.8, 4) is 6.07 Å². The second-order valence-electron chi connectivity index (χ2n) is 7.09. The zero-order valence-electron chi connectivity index (χ0n) is 15.9. The summed E-state index contributed by atoms with van der Waals surface area (Å²) in [6.07, 6.45) is 2.67. The molecule has 6 nitrogen and oxygen atoms in total. The Kier molecular flexibility index (Phi) is 4.78. The van der Waals surface area contributed by atoms with Crippen molar-refractivity contribution in [3.63, 3.8) is 0 Å². The van der Waals surface area contributed by atoms with E-state index in [0.717, 1.165) is 61.7 Å². The zero-order chi connectivity index (χ0) is 18.8. The van der Waals surface area contributed by atoms with Crippen molar-refractivity contribution in [2.24, 2.45) is 7.05 Å². The first kappa shape index (κ1) is 17.5. The van der Waals surface area contributed by atoms with Gasteiger partial charge in [0.1, 0.15) is 23.4 Å². The van der Waals surface area contributed by atoms with Crippen LogP contribution in [0.25, 0.3) is 11.0 Å². The van der Waals surface area contributed by atoms with E-state index in [4.69, 9.17) is 0 Å². The highest BCUT2D eigenvalue weighted by molar-refractivity contribution is 5.92. The van der Waals surface area contributed by atoms with Crippen molar-refractivity contribution in [2.75, 3.05) is 37.6 Å². The van der Waals surface area contributed by atoms with Crippen LogP contribution < -0.4 is 4.90 Å². The molecule has 1 aliphatic rings. The number of nitrogens with zero attached hydrogens (tertiary/aromatic N) is 6. The number of rotatable bonds is 4. The van der Waals surface area contributed by atoms with E-state index in [1.54, 1.807) is 6.33 Å². The molecule has 0 unspecified atom stereocenters. The predicted molar refractivity (Wildman–Crippen MR) is 107 cm³/mol. The second-order valence-corrected chi connectivity index (χ2v) is 7.09. The van der Waals surface area contributed by atoms with E-state index in [2.05, 4.69) is 56.2 Å². The fourth-order valence-corrected chi connectivity index (χ4v) is 3.85. The van der Waals surface area contributed by atoms with E-state index >= 15 is 0 Å². The van der Waals surface area contributed by atoms with Crippen LogP contribution in [0.3, 0.4) is 0 Å². The van der Waals surface area contributed by atoms with Crippen molar-refractivity contribution in [3.05, 3.63) is 53.5 Å². The molecule has 0 aliphatic carbocycles. The quantitative estimate of drug-likeness (QED) is 0.715. The Morgan fingerprint density at radius 3 is 2.52 bits per heavy atom. The molecule has 2 aromatic heterocycles. The van der Waals surface area contributed by atoms with Gasteiger partial charge in [-0.05, 0) is 18.9 Å². The fraction of sp³-hybridized carbons (Fsp3) is 0.381. The van der Waals surface area contributed by atoms with Gasteiger partial charge in [0.05, 0.1) is 5.56 Å². The second kappa shape index (κ2) is 7.37. The molecule has 0 radical (unpaired) electrons. The summed E-state index contributed by atoms with van der Waals surface area (Å²) < 4.78 is 2.05. The summed E-state index contributed by atoms with van der Waals surface area (Å²) in [4.78, 5) is 13.8. The highest BCUT2D eigenvalue weighted by atomic mass is 15.3. The van der Waals surface area contributed by atoms with Gasteiger partial charge in [0.25, 0.3) is 0 Å². The summed E-state index contributed by atoms with van der Waals surface area (Å²) in [6.45, 7) is 6.96. The van der Waals surface area contributed by atoms with Gasteiger partial charge in [0.2, 0.25) is 0 Å². The number of piperazine rings is 1. The van der Waals surface area contributed by atoms with E-state index < -0.39 is 0 Å². The Morgan fingerprint density at radius 1 is 1.07 bits per heavy atom. The molecule has 0 amide bonds. The predicted octanol–water partition coefficient (Wildman–Crippen LogP) is 2.51. The molecule has 1 fully saturated rings. The molecule has 3 heterocycles. The first-order valence-corrected chi connectivity index (χ1v) is 9.40. The molecule has 3 aromatic rings. The molecule has 0 atom stereocenters. The summed E-state index contributed by atoms with van der Waals surface area (Å²) in [5, 5.41) is 9.47. The van der Waals surface area contributed by atoms with Crippen LogP contribution in [0.15, 0.2) is 36.7 Å². The van der Waals surface area contributed by atoms with E-state index in [0.29, 0.717) is 5.56 Å². The smallest absolute Gasteiger partial charge is 0.156 e. The number of nitriles is 1. The molecule has 138 valence electrons. The zero-order valence-corrected chi connectivity index (χ0v) is 15.9. The number of fused-ring (bicyclic) bond motifs is 1. The lowest BCUT2D eigenvalue weighted by molar-refractivity contribution is 0.260. The van der Waals surface area contributed by atoms with Crippen LogP contribution in [-0.4, -0.2) is 52.2 Å². The highest BCUT2D eigenvalue weighted by Crippen LogP contribution is 2.29. The van der Waals surface area contributed by atoms with Crippen molar-refractivity contribution in [1.82, 2.24) is 19.4 Å². The van der Waals surface area contributed by atoms with Crippen LogP contribution in [-0.2, 0) is 13.5 Å². The summed E-state index contributed by atoms with van der Waals surface area (Å²) in [5.74, 6) is 0.940. The minimum absolute atomic E-state index is 0.651. The van der Waals surface area contributed by atoms with Crippen molar-refractivity contribution in [1.29, 1.82) is 5.26 Å². The number of aromatic nitrogens is 3. The summed E-state index contributed by atoms with van der Waals surface area (Å²) in [5.41, 5.74) is 4.70. The molecule has 0 saturated carbocycles. The van der Waals surface area contributed by atoms with Crippen LogP contribution in [0.4, 0.5) is 5.82 Å². The summed E-state index contributed by atoms with van der Waals surface area (Å²) >= 11 is 0. The van der Waals surface area contributed by atoms with Gasteiger partial charge in [-0.25, -0.2) is 9.97 Å². The standard InChI is InChI=1S/C21H24N6/c1-16-18(14-22)19-20(25(16)2)21(24-15-23-19)27-12-10-26(11-13-27)9-8-17-6-4-3-5-7-17/h3-7,15H,8-13H2,1-2H3. The Labute approximate surface area is 159 Å². The Balaban J connectivity index is 1.48. The van der Waals surface area contributed by atoms with E-state index in [1.807, 2.05) is 18.5 Å². The molecule has 0 spiro atoms. The fourth-order valence-electron chi connectivity index (χ4n) is 3.85. The maximum Gasteiger partial charge on any atom is 0.156 e. The highest BCUT2D eigenvalue weighted by Gasteiger charge is 2.23. The van der Waals surface area contributed by atoms with Crippen LogP contribution in [0.1, 0.15) is 16.8 Å². The van der Waals surface area contributed by atoms with Gasteiger partial charge < -0.3 is 9.47 Å². The minimum Gasteiger partial charge on any atom is -0.352 e. The number of hydrogen-bond acceptors (Lipinski definition) is 5. The average molecular weight is 360 g/mol. The topological polar surface area (TPSA) is 61.0 Å².